The van der Waals surface area contributed by atoms with Crippen molar-refractivity contribution in [3.63, 3.8) is 0 Å². The van der Waals surface area contributed by atoms with E-state index in [9.17, 15) is 14.9 Å². The minimum Gasteiger partial charge on any atom is -0.497 e. The summed E-state index contributed by atoms with van der Waals surface area (Å²) in [5.41, 5.74) is 1.31. The SMILES string of the molecule is COc1ccc(NC(=O)CNc2ccc([N+](=O)[O-])cc2)cc1. The topological polar surface area (TPSA) is 93.5 Å². The van der Waals surface area contributed by atoms with Crippen LogP contribution >= 0.6 is 0 Å². The Morgan fingerprint density at radius 2 is 1.68 bits per heavy atom. The van der Waals surface area contributed by atoms with Gasteiger partial charge in [-0.2, -0.15) is 0 Å². The van der Waals surface area contributed by atoms with Crippen LogP contribution < -0.4 is 15.4 Å². The molecule has 2 aromatic carbocycles. The maximum absolute atomic E-state index is 11.8. The third-order valence-electron chi connectivity index (χ3n) is 2.90. The number of anilines is 2. The molecule has 0 saturated carbocycles. The highest BCUT2D eigenvalue weighted by Crippen LogP contribution is 2.16. The van der Waals surface area contributed by atoms with Crippen LogP contribution in [-0.2, 0) is 4.79 Å². The summed E-state index contributed by atoms with van der Waals surface area (Å²) in [5.74, 6) is 0.491. The predicted octanol–water partition coefficient (Wildman–Crippen LogP) is 2.65. The molecule has 0 aliphatic rings. The molecular weight excluding hydrogens is 286 g/mol. The molecule has 0 spiro atoms. The van der Waals surface area contributed by atoms with Gasteiger partial charge in [-0.1, -0.05) is 0 Å². The van der Waals surface area contributed by atoms with E-state index in [1.165, 1.54) is 12.1 Å². The third kappa shape index (κ3) is 4.20. The molecule has 0 fully saturated rings. The smallest absolute Gasteiger partial charge is 0.269 e. The van der Waals surface area contributed by atoms with Gasteiger partial charge in [-0.3, -0.25) is 14.9 Å². The van der Waals surface area contributed by atoms with Crippen LogP contribution in [0, 0.1) is 10.1 Å². The molecule has 22 heavy (non-hydrogen) atoms. The summed E-state index contributed by atoms with van der Waals surface area (Å²) in [6.07, 6.45) is 0. The number of hydrogen-bond acceptors (Lipinski definition) is 5. The first-order valence-electron chi connectivity index (χ1n) is 6.51. The van der Waals surface area contributed by atoms with Gasteiger partial charge in [-0.15, -0.1) is 0 Å². The highest BCUT2D eigenvalue weighted by atomic mass is 16.6. The van der Waals surface area contributed by atoms with Gasteiger partial charge in [0.05, 0.1) is 18.6 Å². The standard InChI is InChI=1S/C15H15N3O4/c1-22-14-8-4-12(5-9-14)17-15(19)10-16-11-2-6-13(7-3-11)18(20)21/h2-9,16H,10H2,1H3,(H,17,19). The summed E-state index contributed by atoms with van der Waals surface area (Å²) >= 11 is 0. The number of nitrogens with zero attached hydrogens (tertiary/aromatic N) is 1. The van der Waals surface area contributed by atoms with Crippen molar-refractivity contribution in [1.29, 1.82) is 0 Å². The summed E-state index contributed by atoms with van der Waals surface area (Å²) in [5, 5.41) is 16.2. The van der Waals surface area contributed by atoms with Crippen LogP contribution in [-0.4, -0.2) is 24.5 Å². The molecule has 0 aliphatic carbocycles. The molecule has 1 amide bonds. The fourth-order valence-electron chi connectivity index (χ4n) is 1.76. The molecule has 7 heteroatoms. The second-order valence-electron chi connectivity index (χ2n) is 4.43. The summed E-state index contributed by atoms with van der Waals surface area (Å²) in [6, 6.07) is 12.8. The first-order chi connectivity index (χ1) is 10.6. The van der Waals surface area contributed by atoms with Crippen molar-refractivity contribution in [3.8, 4) is 5.75 Å². The van der Waals surface area contributed by atoms with Crippen LogP contribution in [0.2, 0.25) is 0 Å². The minimum absolute atomic E-state index is 0.00762. The van der Waals surface area contributed by atoms with Crippen LogP contribution in [0.1, 0.15) is 0 Å². The van der Waals surface area contributed by atoms with Gasteiger partial charge in [0.25, 0.3) is 5.69 Å². The molecule has 0 saturated heterocycles. The van der Waals surface area contributed by atoms with Crippen LogP contribution in [0.3, 0.4) is 0 Å². The Bertz CT molecular complexity index is 653. The number of hydrogen-bond donors (Lipinski definition) is 2. The number of rotatable bonds is 6. The quantitative estimate of drug-likeness (QED) is 0.632. The molecule has 2 N–H and O–H groups in total. The molecule has 0 unspecified atom stereocenters. The Labute approximate surface area is 127 Å². The molecule has 0 aliphatic heterocycles. The van der Waals surface area contributed by atoms with E-state index in [0.717, 1.165) is 0 Å². The Morgan fingerprint density at radius 3 is 2.23 bits per heavy atom. The number of carbonyl (C=O) groups excluding carboxylic acids is 1. The second kappa shape index (κ2) is 7.07. The van der Waals surface area contributed by atoms with E-state index in [1.807, 2.05) is 0 Å². The summed E-state index contributed by atoms with van der Waals surface area (Å²) in [7, 11) is 1.57. The number of benzene rings is 2. The van der Waals surface area contributed by atoms with Crippen molar-refractivity contribution >= 4 is 23.0 Å². The lowest BCUT2D eigenvalue weighted by atomic mass is 10.3. The first-order valence-corrected chi connectivity index (χ1v) is 6.51. The molecular formula is C15H15N3O4. The van der Waals surface area contributed by atoms with Crippen LogP contribution in [0.25, 0.3) is 0 Å². The molecule has 114 valence electrons. The monoisotopic (exact) mass is 301 g/mol. The Balaban J connectivity index is 1.85. The molecule has 0 aromatic heterocycles. The van der Waals surface area contributed by atoms with Gasteiger partial charge in [-0.05, 0) is 36.4 Å². The van der Waals surface area contributed by atoms with Gasteiger partial charge in [-0.25, -0.2) is 0 Å². The number of non-ortho nitro benzene ring substituents is 1. The molecule has 2 rings (SSSR count). The van der Waals surface area contributed by atoms with Gasteiger partial charge in [0, 0.05) is 23.5 Å². The van der Waals surface area contributed by atoms with Crippen molar-refractivity contribution in [2.75, 3.05) is 24.3 Å². The van der Waals surface area contributed by atoms with Crippen molar-refractivity contribution in [3.05, 3.63) is 58.6 Å². The first kappa shape index (κ1) is 15.3. The lowest BCUT2D eigenvalue weighted by Gasteiger charge is -2.08. The van der Waals surface area contributed by atoms with Crippen molar-refractivity contribution in [1.82, 2.24) is 0 Å². The number of carbonyl (C=O) groups is 1. The van der Waals surface area contributed by atoms with Gasteiger partial charge in [0.2, 0.25) is 5.91 Å². The van der Waals surface area contributed by atoms with Crippen molar-refractivity contribution in [2.45, 2.75) is 0 Å². The van der Waals surface area contributed by atoms with E-state index in [2.05, 4.69) is 10.6 Å². The van der Waals surface area contributed by atoms with Gasteiger partial charge in [0.15, 0.2) is 0 Å². The zero-order chi connectivity index (χ0) is 15.9. The predicted molar refractivity (Wildman–Crippen MR) is 83.2 cm³/mol. The van der Waals surface area contributed by atoms with E-state index < -0.39 is 4.92 Å². The third-order valence-corrected chi connectivity index (χ3v) is 2.90. The van der Waals surface area contributed by atoms with E-state index in [4.69, 9.17) is 4.74 Å². The lowest BCUT2D eigenvalue weighted by Crippen LogP contribution is -2.21. The zero-order valence-corrected chi connectivity index (χ0v) is 11.9. The number of nitro benzene ring substituents is 1. The Morgan fingerprint density at radius 1 is 1.09 bits per heavy atom. The maximum Gasteiger partial charge on any atom is 0.269 e. The van der Waals surface area contributed by atoms with Gasteiger partial charge >= 0.3 is 0 Å². The minimum atomic E-state index is -0.472. The van der Waals surface area contributed by atoms with Crippen molar-refractivity contribution < 1.29 is 14.5 Å². The molecule has 0 bridgehead atoms. The Kier molecular flexibility index (Phi) is 4.92. The summed E-state index contributed by atoms with van der Waals surface area (Å²) in [4.78, 5) is 21.9. The maximum atomic E-state index is 11.8. The van der Waals surface area contributed by atoms with E-state index in [1.54, 1.807) is 43.5 Å². The fraction of sp³-hybridized carbons (Fsp3) is 0.133. The number of methoxy groups -OCH3 is 1. The molecule has 2 aromatic rings. The number of amides is 1. The van der Waals surface area contributed by atoms with E-state index >= 15 is 0 Å². The lowest BCUT2D eigenvalue weighted by molar-refractivity contribution is -0.384. The number of ether oxygens (including phenoxy) is 1. The van der Waals surface area contributed by atoms with Gasteiger partial charge < -0.3 is 15.4 Å². The summed E-state index contributed by atoms with van der Waals surface area (Å²) < 4.78 is 5.03. The normalized spacial score (nSPS) is 9.86. The number of nitro groups is 1. The Hall–Kier alpha value is -3.09. The van der Waals surface area contributed by atoms with Gasteiger partial charge in [0.1, 0.15) is 5.75 Å². The zero-order valence-electron chi connectivity index (χ0n) is 11.9. The molecule has 0 atom stereocenters. The highest BCUT2D eigenvalue weighted by Gasteiger charge is 2.05. The fourth-order valence-corrected chi connectivity index (χ4v) is 1.76. The van der Waals surface area contributed by atoms with Crippen molar-refractivity contribution in [2.24, 2.45) is 0 Å². The second-order valence-corrected chi connectivity index (χ2v) is 4.43. The van der Waals surface area contributed by atoms with Crippen LogP contribution in [0.5, 0.6) is 5.75 Å². The summed E-state index contributed by atoms with van der Waals surface area (Å²) in [6.45, 7) is 0.0594. The number of nitrogens with one attached hydrogen (secondary N) is 2. The highest BCUT2D eigenvalue weighted by molar-refractivity contribution is 5.93. The van der Waals surface area contributed by atoms with Crippen LogP contribution in [0.15, 0.2) is 48.5 Å². The molecule has 0 heterocycles. The largest absolute Gasteiger partial charge is 0.497 e. The van der Waals surface area contributed by atoms with E-state index in [0.29, 0.717) is 17.1 Å². The average Bonchev–Trinajstić information content (AvgIpc) is 2.54. The van der Waals surface area contributed by atoms with E-state index in [-0.39, 0.29) is 18.1 Å². The molecule has 0 radical (unpaired) electrons. The molecule has 7 nitrogen and oxygen atoms in total. The van der Waals surface area contributed by atoms with Crippen LogP contribution in [0.4, 0.5) is 17.1 Å². The average molecular weight is 301 g/mol.